The van der Waals surface area contributed by atoms with Gasteiger partial charge in [0.05, 0.1) is 18.5 Å². The molecule has 2 N–H and O–H groups in total. The molecular formula is C12H14N4O2. The molecule has 1 aromatic carbocycles. The molecule has 0 aliphatic heterocycles. The molecular weight excluding hydrogens is 232 g/mol. The van der Waals surface area contributed by atoms with Crippen molar-refractivity contribution >= 4 is 11.6 Å². The predicted octanol–water partition coefficient (Wildman–Crippen LogP) is 1.09. The number of hydrogen-bond donors (Lipinski definition) is 1. The molecule has 0 aliphatic carbocycles. The van der Waals surface area contributed by atoms with Crippen LogP contribution in [-0.4, -0.2) is 34.9 Å². The fraction of sp³-hybridized carbons (Fsp3) is 0.167. The van der Waals surface area contributed by atoms with E-state index in [9.17, 15) is 4.79 Å². The number of rotatable bonds is 3. The third-order valence-corrected chi connectivity index (χ3v) is 2.55. The number of amides is 1. The minimum Gasteiger partial charge on any atom is -0.397 e. The van der Waals surface area contributed by atoms with Gasteiger partial charge in [-0.05, 0) is 18.2 Å². The smallest absolute Gasteiger partial charge is 0.297 e. The fourth-order valence-electron chi connectivity index (χ4n) is 1.51. The van der Waals surface area contributed by atoms with E-state index in [4.69, 9.17) is 10.6 Å². The number of nitrogens with zero attached hydrogens (tertiary/aromatic N) is 3. The number of benzene rings is 1. The first-order valence-electron chi connectivity index (χ1n) is 5.36. The van der Waals surface area contributed by atoms with Crippen molar-refractivity contribution in [3.05, 3.63) is 42.2 Å². The third kappa shape index (κ3) is 2.18. The summed E-state index contributed by atoms with van der Waals surface area (Å²) in [7, 11) is 2.95. The van der Waals surface area contributed by atoms with Gasteiger partial charge in [0.2, 0.25) is 0 Å². The average molecular weight is 246 g/mol. The minimum atomic E-state index is -0.314. The minimum absolute atomic E-state index is 0.294. The van der Waals surface area contributed by atoms with Crippen molar-refractivity contribution in [3.63, 3.8) is 0 Å². The van der Waals surface area contributed by atoms with E-state index in [1.165, 1.54) is 14.2 Å². The molecule has 0 radical (unpaired) electrons. The van der Waals surface area contributed by atoms with Crippen LogP contribution in [0.1, 0.15) is 10.5 Å². The highest BCUT2D eigenvalue weighted by Crippen LogP contribution is 2.15. The van der Waals surface area contributed by atoms with Crippen LogP contribution in [0.5, 0.6) is 0 Å². The molecule has 0 bridgehead atoms. The van der Waals surface area contributed by atoms with Crippen molar-refractivity contribution < 1.29 is 9.63 Å². The molecule has 1 heterocycles. The van der Waals surface area contributed by atoms with Gasteiger partial charge in [-0.15, -0.1) is 0 Å². The summed E-state index contributed by atoms with van der Waals surface area (Å²) in [4.78, 5) is 16.6. The first kappa shape index (κ1) is 12.1. The number of anilines is 1. The summed E-state index contributed by atoms with van der Waals surface area (Å²) in [6, 6.07) is 8.92. The van der Waals surface area contributed by atoms with Crippen molar-refractivity contribution in [2.75, 3.05) is 19.9 Å². The molecule has 0 atom stereocenters. The van der Waals surface area contributed by atoms with Gasteiger partial charge in [0.15, 0.2) is 5.69 Å². The zero-order chi connectivity index (χ0) is 13.1. The zero-order valence-electron chi connectivity index (χ0n) is 10.2. The Hall–Kier alpha value is -2.34. The summed E-state index contributed by atoms with van der Waals surface area (Å²) in [5.41, 5.74) is 7.47. The Morgan fingerprint density at radius 2 is 2.11 bits per heavy atom. The monoisotopic (exact) mass is 246 g/mol. The van der Waals surface area contributed by atoms with Gasteiger partial charge in [0.25, 0.3) is 5.91 Å². The van der Waals surface area contributed by atoms with Crippen LogP contribution in [0.15, 0.2) is 36.5 Å². The Bertz CT molecular complexity index is 565. The van der Waals surface area contributed by atoms with E-state index < -0.39 is 0 Å². The van der Waals surface area contributed by atoms with E-state index >= 15 is 0 Å². The molecule has 0 saturated heterocycles. The van der Waals surface area contributed by atoms with Gasteiger partial charge in [0.1, 0.15) is 0 Å². The number of nitrogens with two attached hydrogens (primary N) is 1. The van der Waals surface area contributed by atoms with Crippen molar-refractivity contribution in [2.45, 2.75) is 0 Å². The van der Waals surface area contributed by atoms with E-state index in [2.05, 4.69) is 5.10 Å². The molecule has 2 rings (SSSR count). The van der Waals surface area contributed by atoms with Crippen LogP contribution < -0.4 is 5.73 Å². The van der Waals surface area contributed by atoms with Gasteiger partial charge in [-0.2, -0.15) is 5.10 Å². The lowest BCUT2D eigenvalue weighted by atomic mass is 10.3. The Morgan fingerprint density at radius 3 is 2.78 bits per heavy atom. The third-order valence-electron chi connectivity index (χ3n) is 2.55. The molecule has 94 valence electrons. The summed E-state index contributed by atoms with van der Waals surface area (Å²) >= 11 is 0. The summed E-state index contributed by atoms with van der Waals surface area (Å²) < 4.78 is 1.56. The van der Waals surface area contributed by atoms with Gasteiger partial charge in [0, 0.05) is 13.2 Å². The van der Waals surface area contributed by atoms with Crippen molar-refractivity contribution in [1.29, 1.82) is 0 Å². The highest BCUT2D eigenvalue weighted by Gasteiger charge is 2.15. The van der Waals surface area contributed by atoms with Crippen LogP contribution in [0.25, 0.3) is 5.69 Å². The van der Waals surface area contributed by atoms with Crippen LogP contribution >= 0.6 is 0 Å². The first-order chi connectivity index (χ1) is 8.63. The zero-order valence-corrected chi connectivity index (χ0v) is 10.2. The van der Waals surface area contributed by atoms with E-state index in [0.717, 1.165) is 10.8 Å². The molecule has 6 heteroatoms. The van der Waals surface area contributed by atoms with Crippen LogP contribution in [0.3, 0.4) is 0 Å². The Kier molecular flexibility index (Phi) is 3.29. The summed E-state index contributed by atoms with van der Waals surface area (Å²) in [5.74, 6) is -0.314. The summed E-state index contributed by atoms with van der Waals surface area (Å²) in [5, 5.41) is 5.29. The van der Waals surface area contributed by atoms with Gasteiger partial charge >= 0.3 is 0 Å². The predicted molar refractivity (Wildman–Crippen MR) is 67.1 cm³/mol. The van der Waals surface area contributed by atoms with E-state index in [1.807, 2.05) is 18.2 Å². The Balaban J connectivity index is 2.32. The topological polar surface area (TPSA) is 73.4 Å². The number of para-hydroxylation sites is 2. The van der Waals surface area contributed by atoms with E-state index in [0.29, 0.717) is 11.4 Å². The molecule has 0 aliphatic rings. The van der Waals surface area contributed by atoms with Gasteiger partial charge in [-0.25, -0.2) is 9.75 Å². The van der Waals surface area contributed by atoms with Crippen LogP contribution in [0, 0.1) is 0 Å². The van der Waals surface area contributed by atoms with Gasteiger partial charge in [-0.1, -0.05) is 12.1 Å². The second-order valence-corrected chi connectivity index (χ2v) is 3.69. The molecule has 18 heavy (non-hydrogen) atoms. The molecule has 0 saturated carbocycles. The quantitative estimate of drug-likeness (QED) is 0.650. The number of carbonyl (C=O) groups is 1. The SMILES string of the molecule is CON(C)C(=O)c1ccn(-c2ccccc2N)n1. The number of carbonyl (C=O) groups excluding carboxylic acids is 1. The normalized spacial score (nSPS) is 10.3. The maximum absolute atomic E-state index is 11.8. The first-order valence-corrected chi connectivity index (χ1v) is 5.36. The van der Waals surface area contributed by atoms with Crippen LogP contribution in [0.2, 0.25) is 0 Å². The number of hydrogen-bond acceptors (Lipinski definition) is 4. The molecule has 0 fully saturated rings. The summed E-state index contributed by atoms with van der Waals surface area (Å²) in [6.45, 7) is 0. The van der Waals surface area contributed by atoms with Crippen molar-refractivity contribution in [1.82, 2.24) is 14.8 Å². The number of nitrogen functional groups attached to an aromatic ring is 1. The lowest BCUT2D eigenvalue weighted by molar-refractivity contribution is -0.0760. The van der Waals surface area contributed by atoms with E-state index in [1.54, 1.807) is 23.0 Å². The number of hydroxylamine groups is 2. The molecule has 1 amide bonds. The standard InChI is InChI=1S/C12H14N4O2/c1-15(18-2)12(17)10-7-8-16(14-10)11-6-4-3-5-9(11)13/h3-8H,13H2,1-2H3. The summed E-state index contributed by atoms with van der Waals surface area (Å²) in [6.07, 6.45) is 1.68. The average Bonchev–Trinajstić information content (AvgIpc) is 2.87. The Labute approximate surface area is 105 Å². The maximum atomic E-state index is 11.8. The molecule has 6 nitrogen and oxygen atoms in total. The second-order valence-electron chi connectivity index (χ2n) is 3.69. The lowest BCUT2D eigenvalue weighted by Crippen LogP contribution is -2.25. The van der Waals surface area contributed by atoms with E-state index in [-0.39, 0.29) is 5.91 Å². The van der Waals surface area contributed by atoms with Crippen molar-refractivity contribution in [2.24, 2.45) is 0 Å². The van der Waals surface area contributed by atoms with Crippen LogP contribution in [-0.2, 0) is 4.84 Å². The molecule has 0 unspecified atom stereocenters. The maximum Gasteiger partial charge on any atom is 0.297 e. The van der Waals surface area contributed by atoms with Crippen LogP contribution in [0.4, 0.5) is 5.69 Å². The highest BCUT2D eigenvalue weighted by molar-refractivity contribution is 5.91. The lowest BCUT2D eigenvalue weighted by Gasteiger charge is -2.11. The van der Waals surface area contributed by atoms with Gasteiger partial charge < -0.3 is 5.73 Å². The number of aromatic nitrogens is 2. The second kappa shape index (κ2) is 4.89. The van der Waals surface area contributed by atoms with Gasteiger partial charge in [-0.3, -0.25) is 9.63 Å². The fourth-order valence-corrected chi connectivity index (χ4v) is 1.51. The van der Waals surface area contributed by atoms with Crippen molar-refractivity contribution in [3.8, 4) is 5.69 Å². The molecule has 1 aromatic heterocycles. The Morgan fingerprint density at radius 1 is 1.39 bits per heavy atom. The molecule has 2 aromatic rings. The highest BCUT2D eigenvalue weighted by atomic mass is 16.7. The molecule has 0 spiro atoms. The largest absolute Gasteiger partial charge is 0.397 e.